The fraction of sp³-hybridized carbons (Fsp3) is 0.500. The van der Waals surface area contributed by atoms with Crippen molar-refractivity contribution in [2.45, 2.75) is 31.4 Å². The van der Waals surface area contributed by atoms with Gasteiger partial charge in [0.2, 0.25) is 0 Å². The molecule has 0 unspecified atom stereocenters. The first-order valence-electron chi connectivity index (χ1n) is 6.32. The van der Waals surface area contributed by atoms with Crippen molar-refractivity contribution in [1.82, 2.24) is 5.32 Å². The highest BCUT2D eigenvalue weighted by atomic mass is 16.5. The largest absolute Gasteiger partial charge is 0.493 e. The first-order chi connectivity index (χ1) is 8.81. The van der Waals surface area contributed by atoms with Gasteiger partial charge in [0.25, 0.3) is 0 Å². The van der Waals surface area contributed by atoms with Gasteiger partial charge in [-0.2, -0.15) is 5.26 Å². The second-order valence-electron chi connectivity index (χ2n) is 4.47. The number of nitrogens with one attached hydrogen (secondary N) is 1. The van der Waals surface area contributed by atoms with Crippen molar-refractivity contribution < 1.29 is 9.84 Å². The summed E-state index contributed by atoms with van der Waals surface area (Å²) in [6, 6.07) is 9.63. The van der Waals surface area contributed by atoms with E-state index in [0.717, 1.165) is 30.7 Å². The average Bonchev–Trinajstić information content (AvgIpc) is 2.93. The molecular weight excluding hydrogens is 228 g/mol. The number of aliphatic hydroxyl groups excluding tert-OH is 1. The van der Waals surface area contributed by atoms with Gasteiger partial charge in [-0.05, 0) is 37.1 Å². The van der Waals surface area contributed by atoms with Crippen LogP contribution in [0.3, 0.4) is 0 Å². The predicted molar refractivity (Wildman–Crippen MR) is 68.2 cm³/mol. The number of nitriles is 1. The van der Waals surface area contributed by atoms with E-state index in [1.165, 1.54) is 0 Å². The van der Waals surface area contributed by atoms with Gasteiger partial charge in [0.05, 0.1) is 18.6 Å². The van der Waals surface area contributed by atoms with E-state index in [1.54, 1.807) is 0 Å². The number of nitrogens with zero attached hydrogens (tertiary/aromatic N) is 1. The maximum Gasteiger partial charge on any atom is 0.119 e. The topological polar surface area (TPSA) is 65.3 Å². The molecule has 96 valence electrons. The fourth-order valence-electron chi connectivity index (χ4n) is 2.19. The van der Waals surface area contributed by atoms with Crippen LogP contribution in [0.25, 0.3) is 0 Å². The van der Waals surface area contributed by atoms with E-state index in [9.17, 15) is 5.11 Å². The average molecular weight is 246 g/mol. The number of aliphatic hydroxyl groups is 1. The van der Waals surface area contributed by atoms with Gasteiger partial charge in [-0.15, -0.1) is 0 Å². The second-order valence-corrected chi connectivity index (χ2v) is 4.47. The molecule has 0 aromatic heterocycles. The van der Waals surface area contributed by atoms with Crippen LogP contribution >= 0.6 is 0 Å². The van der Waals surface area contributed by atoms with Crippen molar-refractivity contribution in [3.05, 3.63) is 29.8 Å². The lowest BCUT2D eigenvalue weighted by atomic mass is 10.0. The first kappa shape index (κ1) is 12.9. The number of hydrogen-bond donors (Lipinski definition) is 2. The lowest BCUT2D eigenvalue weighted by Gasteiger charge is -2.18. The summed E-state index contributed by atoms with van der Waals surface area (Å²) in [6.07, 6.45) is 2.07. The molecule has 1 aliphatic rings. The Morgan fingerprint density at radius 3 is 2.83 bits per heavy atom. The Morgan fingerprint density at radius 2 is 2.22 bits per heavy atom. The van der Waals surface area contributed by atoms with Crippen LogP contribution in [0, 0.1) is 11.3 Å². The Kier molecular flexibility index (Phi) is 4.57. The van der Waals surface area contributed by atoms with Gasteiger partial charge in [-0.3, -0.25) is 0 Å². The van der Waals surface area contributed by atoms with Crippen molar-refractivity contribution in [2.75, 3.05) is 13.2 Å². The Labute approximate surface area is 107 Å². The van der Waals surface area contributed by atoms with E-state index in [-0.39, 0.29) is 6.04 Å². The zero-order valence-corrected chi connectivity index (χ0v) is 10.3. The Bertz CT molecular complexity index is 405. The van der Waals surface area contributed by atoms with Crippen molar-refractivity contribution >= 4 is 0 Å². The summed E-state index contributed by atoms with van der Waals surface area (Å²) in [7, 11) is 0. The molecule has 0 radical (unpaired) electrons. The molecule has 2 N–H and O–H groups in total. The molecule has 1 aromatic carbocycles. The summed E-state index contributed by atoms with van der Waals surface area (Å²) >= 11 is 0. The van der Waals surface area contributed by atoms with E-state index in [1.807, 2.05) is 30.3 Å². The van der Waals surface area contributed by atoms with E-state index in [4.69, 9.17) is 10.00 Å². The molecule has 18 heavy (non-hydrogen) atoms. The van der Waals surface area contributed by atoms with Crippen LogP contribution in [0.1, 0.15) is 30.9 Å². The highest BCUT2D eigenvalue weighted by Crippen LogP contribution is 2.24. The summed E-state index contributed by atoms with van der Waals surface area (Å²) in [5, 5.41) is 21.9. The molecule has 2 rings (SSSR count). The van der Waals surface area contributed by atoms with Crippen LogP contribution in [0.2, 0.25) is 0 Å². The Balaban J connectivity index is 1.92. The van der Waals surface area contributed by atoms with Crippen molar-refractivity contribution in [2.24, 2.45) is 0 Å². The van der Waals surface area contributed by atoms with E-state index in [0.29, 0.717) is 13.0 Å². The molecule has 0 amide bonds. The Hall–Kier alpha value is -1.57. The molecule has 4 heteroatoms. The molecule has 1 fully saturated rings. The monoisotopic (exact) mass is 246 g/mol. The zero-order valence-electron chi connectivity index (χ0n) is 10.3. The number of benzene rings is 1. The standard InChI is InChI=1S/C14H18N2O2/c15-8-2-10-18-12-6-4-11(5-7-12)14(17)13-3-1-9-16-13/h4-7,13-14,16-17H,1-3,9-10H2/t13-,14+/m0/s1. The van der Waals surface area contributed by atoms with Crippen LogP contribution in [-0.4, -0.2) is 24.3 Å². The van der Waals surface area contributed by atoms with Gasteiger partial charge in [-0.25, -0.2) is 0 Å². The highest BCUT2D eigenvalue weighted by molar-refractivity contribution is 5.29. The molecule has 2 atom stereocenters. The molecule has 1 heterocycles. The first-order valence-corrected chi connectivity index (χ1v) is 6.32. The summed E-state index contributed by atoms with van der Waals surface area (Å²) in [5.74, 6) is 0.737. The normalized spacial score (nSPS) is 20.3. The van der Waals surface area contributed by atoms with Crippen LogP contribution in [0.5, 0.6) is 5.75 Å². The molecule has 1 saturated heterocycles. The highest BCUT2D eigenvalue weighted by Gasteiger charge is 2.23. The van der Waals surface area contributed by atoms with Gasteiger partial charge in [0, 0.05) is 6.04 Å². The molecule has 0 spiro atoms. The van der Waals surface area contributed by atoms with Crippen molar-refractivity contribution in [3.8, 4) is 11.8 Å². The lowest BCUT2D eigenvalue weighted by Crippen LogP contribution is -2.28. The van der Waals surface area contributed by atoms with Crippen LogP contribution in [0.15, 0.2) is 24.3 Å². The third-order valence-corrected chi connectivity index (χ3v) is 3.18. The zero-order chi connectivity index (χ0) is 12.8. The molecule has 0 aliphatic carbocycles. The summed E-state index contributed by atoms with van der Waals surface area (Å²) in [4.78, 5) is 0. The summed E-state index contributed by atoms with van der Waals surface area (Å²) < 4.78 is 5.39. The smallest absolute Gasteiger partial charge is 0.119 e. The molecule has 0 saturated carbocycles. The number of hydrogen-bond acceptors (Lipinski definition) is 4. The van der Waals surface area contributed by atoms with Crippen LogP contribution in [0.4, 0.5) is 0 Å². The molecular formula is C14H18N2O2. The van der Waals surface area contributed by atoms with Crippen molar-refractivity contribution in [3.63, 3.8) is 0 Å². The number of rotatable bonds is 5. The minimum Gasteiger partial charge on any atom is -0.493 e. The van der Waals surface area contributed by atoms with E-state index in [2.05, 4.69) is 5.32 Å². The minimum absolute atomic E-state index is 0.162. The van der Waals surface area contributed by atoms with Crippen LogP contribution in [-0.2, 0) is 0 Å². The van der Waals surface area contributed by atoms with E-state index < -0.39 is 6.10 Å². The third-order valence-electron chi connectivity index (χ3n) is 3.18. The van der Waals surface area contributed by atoms with Gasteiger partial charge < -0.3 is 15.2 Å². The minimum atomic E-state index is -0.458. The Morgan fingerprint density at radius 1 is 1.44 bits per heavy atom. The van der Waals surface area contributed by atoms with Gasteiger partial charge >= 0.3 is 0 Å². The maximum atomic E-state index is 10.2. The number of ether oxygens (including phenoxy) is 1. The molecule has 0 bridgehead atoms. The second kappa shape index (κ2) is 6.39. The SMILES string of the molecule is N#CCCOc1ccc([C@@H](O)[C@@H]2CCCN2)cc1. The quantitative estimate of drug-likeness (QED) is 0.777. The van der Waals surface area contributed by atoms with Crippen molar-refractivity contribution in [1.29, 1.82) is 5.26 Å². The summed E-state index contributed by atoms with van der Waals surface area (Å²) in [5.41, 5.74) is 0.905. The van der Waals surface area contributed by atoms with Gasteiger partial charge in [-0.1, -0.05) is 12.1 Å². The van der Waals surface area contributed by atoms with E-state index >= 15 is 0 Å². The molecule has 1 aromatic rings. The maximum absolute atomic E-state index is 10.2. The van der Waals surface area contributed by atoms with Gasteiger partial charge in [0.1, 0.15) is 12.4 Å². The predicted octanol–water partition coefficient (Wildman–Crippen LogP) is 1.76. The summed E-state index contributed by atoms with van der Waals surface area (Å²) in [6.45, 7) is 1.39. The third kappa shape index (κ3) is 3.22. The van der Waals surface area contributed by atoms with Crippen LogP contribution < -0.4 is 10.1 Å². The molecule has 4 nitrogen and oxygen atoms in total. The molecule has 1 aliphatic heterocycles. The lowest BCUT2D eigenvalue weighted by molar-refractivity contribution is 0.137. The fourth-order valence-corrected chi connectivity index (χ4v) is 2.19. The van der Waals surface area contributed by atoms with Gasteiger partial charge in [0.15, 0.2) is 0 Å².